The Hall–Kier alpha value is -1.91. The van der Waals surface area contributed by atoms with E-state index in [1.54, 1.807) is 13.0 Å². The number of esters is 1. The van der Waals surface area contributed by atoms with Crippen LogP contribution in [0.1, 0.15) is 101 Å². The van der Waals surface area contributed by atoms with Gasteiger partial charge in [0.15, 0.2) is 0 Å². The molecule has 0 saturated heterocycles. The highest BCUT2D eigenvalue weighted by Gasteiger charge is 2.19. The zero-order valence-electron chi connectivity index (χ0n) is 18.2. The molecule has 0 aliphatic carbocycles. The first kappa shape index (κ1) is 25.1. The van der Waals surface area contributed by atoms with Gasteiger partial charge in [-0.15, -0.1) is 0 Å². The van der Waals surface area contributed by atoms with E-state index >= 15 is 0 Å². The third kappa shape index (κ3) is 11.6. The van der Waals surface area contributed by atoms with Crippen molar-refractivity contribution in [3.63, 3.8) is 0 Å². The maximum atomic E-state index is 13.6. The number of rotatable bonds is 16. The average Bonchev–Trinajstić information content (AvgIpc) is 2.71. The Morgan fingerprint density at radius 2 is 1.41 bits per heavy atom. The van der Waals surface area contributed by atoms with E-state index in [1.165, 1.54) is 76.0 Å². The number of unbranched alkanes of at least 4 members (excludes halogenated alkanes) is 11. The van der Waals surface area contributed by atoms with Crippen LogP contribution >= 0.6 is 0 Å². The quantitative estimate of drug-likeness (QED) is 0.263. The second-order valence-corrected chi connectivity index (χ2v) is 7.73. The Morgan fingerprint density at radius 1 is 0.897 bits per heavy atom. The summed E-state index contributed by atoms with van der Waals surface area (Å²) >= 11 is 0. The minimum Gasteiger partial charge on any atom is -0.464 e. The van der Waals surface area contributed by atoms with Gasteiger partial charge in [-0.2, -0.15) is 0 Å². The first-order valence-electron chi connectivity index (χ1n) is 11.3. The van der Waals surface area contributed by atoms with Crippen LogP contribution in [0.3, 0.4) is 0 Å². The van der Waals surface area contributed by atoms with E-state index < -0.39 is 23.7 Å². The number of amides is 1. The van der Waals surface area contributed by atoms with Crippen LogP contribution in [0.2, 0.25) is 0 Å². The lowest BCUT2D eigenvalue weighted by Crippen LogP contribution is -2.40. The van der Waals surface area contributed by atoms with Crippen molar-refractivity contribution in [3.8, 4) is 0 Å². The molecular formula is C24H38FNO3. The lowest BCUT2D eigenvalue weighted by molar-refractivity contribution is -0.145. The second-order valence-electron chi connectivity index (χ2n) is 7.73. The Morgan fingerprint density at radius 3 is 1.97 bits per heavy atom. The highest BCUT2D eigenvalue weighted by Crippen LogP contribution is 2.12. The van der Waals surface area contributed by atoms with Gasteiger partial charge in [-0.1, -0.05) is 89.7 Å². The molecule has 1 rings (SSSR count). The van der Waals surface area contributed by atoms with E-state index in [2.05, 4.69) is 12.2 Å². The number of carbonyl (C=O) groups excluding carboxylic acids is 2. The number of carbonyl (C=O) groups is 2. The van der Waals surface area contributed by atoms with Gasteiger partial charge in [0, 0.05) is 0 Å². The molecular weight excluding hydrogens is 369 g/mol. The molecule has 5 heteroatoms. The molecule has 0 aliphatic rings. The Balaban J connectivity index is 2.01. The molecule has 0 fully saturated rings. The summed E-state index contributed by atoms with van der Waals surface area (Å²) in [5.74, 6) is -1.71. The number of halogens is 1. The fourth-order valence-corrected chi connectivity index (χ4v) is 3.22. The first-order valence-corrected chi connectivity index (χ1v) is 11.3. The van der Waals surface area contributed by atoms with Crippen molar-refractivity contribution in [2.75, 3.05) is 6.61 Å². The zero-order valence-corrected chi connectivity index (χ0v) is 18.2. The molecule has 1 aromatic rings. The van der Waals surface area contributed by atoms with E-state index in [0.29, 0.717) is 6.61 Å². The van der Waals surface area contributed by atoms with Gasteiger partial charge in [0.25, 0.3) is 5.91 Å². The predicted molar refractivity (Wildman–Crippen MR) is 115 cm³/mol. The molecule has 0 bridgehead atoms. The van der Waals surface area contributed by atoms with Crippen LogP contribution in [0.25, 0.3) is 0 Å². The Labute approximate surface area is 175 Å². The van der Waals surface area contributed by atoms with Gasteiger partial charge < -0.3 is 10.1 Å². The van der Waals surface area contributed by atoms with Gasteiger partial charge in [-0.05, 0) is 25.5 Å². The van der Waals surface area contributed by atoms with Crippen LogP contribution in [-0.4, -0.2) is 24.5 Å². The van der Waals surface area contributed by atoms with Gasteiger partial charge in [0.1, 0.15) is 11.9 Å². The van der Waals surface area contributed by atoms with Crippen molar-refractivity contribution in [2.45, 2.75) is 96.9 Å². The van der Waals surface area contributed by atoms with Gasteiger partial charge in [0.2, 0.25) is 0 Å². The van der Waals surface area contributed by atoms with Crippen molar-refractivity contribution >= 4 is 11.9 Å². The van der Waals surface area contributed by atoms with E-state index in [1.807, 2.05) is 0 Å². The minimum atomic E-state index is -0.806. The number of ether oxygens (including phenoxy) is 1. The average molecular weight is 408 g/mol. The summed E-state index contributed by atoms with van der Waals surface area (Å²) in [6.07, 6.45) is 15.0. The highest BCUT2D eigenvalue weighted by atomic mass is 19.1. The normalized spacial score (nSPS) is 11.8. The molecule has 0 aromatic heterocycles. The molecule has 1 N–H and O–H groups in total. The topological polar surface area (TPSA) is 55.4 Å². The maximum Gasteiger partial charge on any atom is 0.328 e. The van der Waals surface area contributed by atoms with Crippen molar-refractivity contribution < 1.29 is 18.7 Å². The number of hydrogen-bond donors (Lipinski definition) is 1. The van der Waals surface area contributed by atoms with Crippen molar-refractivity contribution in [1.82, 2.24) is 5.32 Å². The van der Waals surface area contributed by atoms with E-state index in [4.69, 9.17) is 4.74 Å². The molecule has 1 atom stereocenters. The van der Waals surface area contributed by atoms with E-state index in [9.17, 15) is 14.0 Å². The number of nitrogens with one attached hydrogen (secondary N) is 1. The Kier molecular flexibility index (Phi) is 13.8. The minimum absolute atomic E-state index is 0.0758. The van der Waals surface area contributed by atoms with Crippen LogP contribution in [0.5, 0.6) is 0 Å². The SMILES string of the molecule is CCCCCCCCCCCCCCOC(=O)C(C)NC(=O)c1ccccc1F. The van der Waals surface area contributed by atoms with Gasteiger partial charge in [-0.3, -0.25) is 4.79 Å². The van der Waals surface area contributed by atoms with Crippen LogP contribution in [0, 0.1) is 5.82 Å². The van der Waals surface area contributed by atoms with Crippen LogP contribution in [0.4, 0.5) is 4.39 Å². The number of hydrogen-bond acceptors (Lipinski definition) is 3. The van der Waals surface area contributed by atoms with E-state index in [-0.39, 0.29) is 5.56 Å². The number of benzene rings is 1. The van der Waals surface area contributed by atoms with Gasteiger partial charge in [-0.25, -0.2) is 9.18 Å². The summed E-state index contributed by atoms with van der Waals surface area (Å²) in [5.41, 5.74) is -0.0758. The van der Waals surface area contributed by atoms with Crippen molar-refractivity contribution in [3.05, 3.63) is 35.6 Å². The lowest BCUT2D eigenvalue weighted by atomic mass is 10.1. The molecule has 0 heterocycles. The monoisotopic (exact) mass is 407 g/mol. The molecule has 1 aromatic carbocycles. The molecule has 1 unspecified atom stereocenters. The summed E-state index contributed by atoms with van der Waals surface area (Å²) in [4.78, 5) is 24.0. The van der Waals surface area contributed by atoms with Crippen LogP contribution < -0.4 is 5.32 Å². The summed E-state index contributed by atoms with van der Waals surface area (Å²) in [5, 5.41) is 2.48. The van der Waals surface area contributed by atoms with Gasteiger partial charge in [0.05, 0.1) is 12.2 Å². The first-order chi connectivity index (χ1) is 14.1. The smallest absolute Gasteiger partial charge is 0.328 e. The standard InChI is InChI=1S/C24H38FNO3/c1-3-4-5-6-7-8-9-10-11-12-13-16-19-29-24(28)20(2)26-23(27)21-17-14-15-18-22(21)25/h14-15,17-18,20H,3-13,16,19H2,1-2H3,(H,26,27). The summed E-state index contributed by atoms with van der Waals surface area (Å²) < 4.78 is 18.8. The summed E-state index contributed by atoms with van der Waals surface area (Å²) in [6, 6.07) is 4.88. The molecule has 0 spiro atoms. The largest absolute Gasteiger partial charge is 0.464 e. The predicted octanol–water partition coefficient (Wildman–Crippen LogP) is 6.19. The molecule has 29 heavy (non-hydrogen) atoms. The highest BCUT2D eigenvalue weighted by molar-refractivity contribution is 5.96. The molecule has 0 radical (unpaired) electrons. The zero-order chi connectivity index (χ0) is 21.3. The van der Waals surface area contributed by atoms with Crippen LogP contribution in [0.15, 0.2) is 24.3 Å². The van der Waals surface area contributed by atoms with Crippen molar-refractivity contribution in [2.24, 2.45) is 0 Å². The Bertz CT molecular complexity index is 591. The fourth-order valence-electron chi connectivity index (χ4n) is 3.22. The summed E-state index contributed by atoms with van der Waals surface area (Å²) in [7, 11) is 0. The van der Waals surface area contributed by atoms with Crippen molar-refractivity contribution in [1.29, 1.82) is 0 Å². The third-order valence-corrected chi connectivity index (χ3v) is 5.06. The fraction of sp³-hybridized carbons (Fsp3) is 0.667. The lowest BCUT2D eigenvalue weighted by Gasteiger charge is -2.13. The van der Waals surface area contributed by atoms with Gasteiger partial charge >= 0.3 is 5.97 Å². The molecule has 0 aliphatic heterocycles. The molecule has 0 saturated carbocycles. The molecule has 1 amide bonds. The molecule has 164 valence electrons. The summed E-state index contributed by atoms with van der Waals surface area (Å²) in [6.45, 7) is 4.15. The molecule has 4 nitrogen and oxygen atoms in total. The second kappa shape index (κ2) is 15.9. The third-order valence-electron chi connectivity index (χ3n) is 5.06. The maximum absolute atomic E-state index is 13.6. The van der Waals surface area contributed by atoms with E-state index in [0.717, 1.165) is 19.3 Å². The van der Waals surface area contributed by atoms with Crippen LogP contribution in [-0.2, 0) is 9.53 Å².